The Labute approximate surface area is 142 Å². The molecule has 0 spiro atoms. The van der Waals surface area contributed by atoms with Crippen molar-refractivity contribution in [2.75, 3.05) is 11.9 Å². The number of hydrogen-bond donors (Lipinski definition) is 2. The van der Waals surface area contributed by atoms with Gasteiger partial charge < -0.3 is 10.6 Å². The van der Waals surface area contributed by atoms with Crippen LogP contribution in [0.4, 0.5) is 23.2 Å². The van der Waals surface area contributed by atoms with Gasteiger partial charge in [0, 0.05) is 12.2 Å². The van der Waals surface area contributed by atoms with E-state index in [1.807, 2.05) is 0 Å². The van der Waals surface area contributed by atoms with Crippen molar-refractivity contribution in [3.05, 3.63) is 65.5 Å². The Morgan fingerprint density at radius 3 is 2.42 bits per heavy atom. The molecule has 2 aromatic rings. The summed E-state index contributed by atoms with van der Waals surface area (Å²) in [6, 6.07) is 11.1. The second-order valence-electron chi connectivity index (χ2n) is 5.19. The minimum Gasteiger partial charge on any atom is -0.362 e. The predicted octanol–water partition coefficient (Wildman–Crippen LogP) is 4.76. The van der Waals surface area contributed by atoms with Gasteiger partial charge in [0.05, 0.1) is 5.56 Å². The van der Waals surface area contributed by atoms with Crippen LogP contribution in [-0.4, -0.2) is 11.7 Å². The first-order valence-corrected chi connectivity index (χ1v) is 7.72. The number of thiocarbonyl (C=S) groups is 1. The average Bonchev–Trinajstić information content (AvgIpc) is 2.53. The van der Waals surface area contributed by atoms with Crippen molar-refractivity contribution in [3.63, 3.8) is 0 Å². The van der Waals surface area contributed by atoms with Crippen LogP contribution in [0.15, 0.2) is 48.5 Å². The Hall–Kier alpha value is -2.15. The van der Waals surface area contributed by atoms with E-state index in [1.54, 1.807) is 12.1 Å². The average molecular weight is 356 g/mol. The highest BCUT2D eigenvalue weighted by Gasteiger charge is 2.30. The second-order valence-corrected chi connectivity index (χ2v) is 5.60. The van der Waals surface area contributed by atoms with Gasteiger partial charge in [0.15, 0.2) is 5.11 Å². The zero-order valence-corrected chi connectivity index (χ0v) is 13.5. The van der Waals surface area contributed by atoms with Crippen molar-refractivity contribution in [2.45, 2.75) is 19.0 Å². The van der Waals surface area contributed by atoms with Gasteiger partial charge in [0.2, 0.25) is 0 Å². The van der Waals surface area contributed by atoms with Gasteiger partial charge in [-0.2, -0.15) is 13.2 Å². The van der Waals surface area contributed by atoms with Crippen molar-refractivity contribution in [1.29, 1.82) is 0 Å². The number of nitrogens with one attached hydrogen (secondary N) is 2. The highest BCUT2D eigenvalue weighted by molar-refractivity contribution is 7.80. The van der Waals surface area contributed by atoms with E-state index in [-0.39, 0.29) is 16.6 Å². The van der Waals surface area contributed by atoms with Crippen molar-refractivity contribution >= 4 is 23.0 Å². The quantitative estimate of drug-likeness (QED) is 0.459. The molecule has 2 aromatic carbocycles. The third-order valence-corrected chi connectivity index (χ3v) is 3.54. The zero-order valence-electron chi connectivity index (χ0n) is 12.7. The van der Waals surface area contributed by atoms with Crippen LogP contribution in [0.25, 0.3) is 0 Å². The molecule has 0 bridgehead atoms. The first-order chi connectivity index (χ1) is 11.3. The second kappa shape index (κ2) is 8.10. The van der Waals surface area contributed by atoms with Crippen LogP contribution in [0, 0.1) is 5.82 Å². The molecular formula is C17H16F4N2S. The summed E-state index contributed by atoms with van der Waals surface area (Å²) in [4.78, 5) is 0. The Morgan fingerprint density at radius 2 is 1.75 bits per heavy atom. The molecule has 0 aliphatic heterocycles. The zero-order chi connectivity index (χ0) is 17.6. The first-order valence-electron chi connectivity index (χ1n) is 7.31. The first kappa shape index (κ1) is 18.2. The van der Waals surface area contributed by atoms with Gasteiger partial charge in [-0.05, 0) is 61.0 Å². The molecule has 0 aromatic heterocycles. The molecule has 2 nitrogen and oxygen atoms in total. The molecule has 0 aliphatic carbocycles. The van der Waals surface area contributed by atoms with Crippen LogP contribution in [0.2, 0.25) is 0 Å². The van der Waals surface area contributed by atoms with E-state index < -0.39 is 11.7 Å². The van der Waals surface area contributed by atoms with Crippen LogP contribution in [0.5, 0.6) is 0 Å². The Kier molecular flexibility index (Phi) is 6.14. The molecule has 128 valence electrons. The van der Waals surface area contributed by atoms with Gasteiger partial charge in [-0.25, -0.2) is 4.39 Å². The van der Waals surface area contributed by atoms with Crippen LogP contribution in [0.1, 0.15) is 17.5 Å². The Bertz CT molecular complexity index is 684. The summed E-state index contributed by atoms with van der Waals surface area (Å²) in [6.07, 6.45) is -2.88. The summed E-state index contributed by atoms with van der Waals surface area (Å²) >= 11 is 5.07. The molecule has 2 rings (SSSR count). The molecule has 2 N–H and O–H groups in total. The molecule has 24 heavy (non-hydrogen) atoms. The lowest BCUT2D eigenvalue weighted by Crippen LogP contribution is -2.29. The van der Waals surface area contributed by atoms with Gasteiger partial charge in [0.25, 0.3) is 0 Å². The molecule has 0 amide bonds. The highest BCUT2D eigenvalue weighted by atomic mass is 32.1. The largest absolute Gasteiger partial charge is 0.416 e. The monoisotopic (exact) mass is 356 g/mol. The van der Waals surface area contributed by atoms with E-state index in [9.17, 15) is 17.6 Å². The van der Waals surface area contributed by atoms with Gasteiger partial charge in [-0.3, -0.25) is 0 Å². The number of benzene rings is 2. The molecule has 0 saturated heterocycles. The molecule has 0 fully saturated rings. The summed E-state index contributed by atoms with van der Waals surface area (Å²) in [7, 11) is 0. The molecule has 0 aliphatic rings. The lowest BCUT2D eigenvalue weighted by molar-refractivity contribution is -0.137. The predicted molar refractivity (Wildman–Crippen MR) is 90.4 cm³/mol. The fraction of sp³-hybridized carbons (Fsp3) is 0.235. The summed E-state index contributed by atoms with van der Waals surface area (Å²) < 4.78 is 50.7. The maximum absolute atomic E-state index is 12.8. The van der Waals surface area contributed by atoms with Gasteiger partial charge >= 0.3 is 6.18 Å². The molecule has 0 saturated carbocycles. The van der Waals surface area contributed by atoms with Crippen molar-refractivity contribution in [2.24, 2.45) is 0 Å². The molecular weight excluding hydrogens is 340 g/mol. The minimum absolute atomic E-state index is 0.258. The number of anilines is 1. The van der Waals surface area contributed by atoms with Crippen LogP contribution < -0.4 is 10.6 Å². The Balaban J connectivity index is 1.76. The van der Waals surface area contributed by atoms with E-state index in [4.69, 9.17) is 12.2 Å². The van der Waals surface area contributed by atoms with Crippen LogP contribution >= 0.6 is 12.2 Å². The normalized spacial score (nSPS) is 11.2. The SMILES string of the molecule is Fc1ccc(CCCNC(=S)Nc2cccc(C(F)(F)F)c2)cc1. The fourth-order valence-corrected chi connectivity index (χ4v) is 2.31. The van der Waals surface area contributed by atoms with Gasteiger partial charge in [-0.15, -0.1) is 0 Å². The van der Waals surface area contributed by atoms with E-state index in [1.165, 1.54) is 24.3 Å². The molecule has 0 atom stereocenters. The van der Waals surface area contributed by atoms with Crippen LogP contribution in [-0.2, 0) is 12.6 Å². The number of halogens is 4. The topological polar surface area (TPSA) is 24.1 Å². The number of rotatable bonds is 5. The third-order valence-electron chi connectivity index (χ3n) is 3.29. The van der Waals surface area contributed by atoms with E-state index in [0.29, 0.717) is 6.54 Å². The lowest BCUT2D eigenvalue weighted by Gasteiger charge is -2.12. The standard InChI is InChI=1S/C17H16F4N2S/c18-14-8-6-12(7-9-14)3-2-10-22-16(24)23-15-5-1-4-13(11-15)17(19,20)21/h1,4-9,11H,2-3,10H2,(H2,22,23,24). The van der Waals surface area contributed by atoms with E-state index >= 15 is 0 Å². The van der Waals surface area contributed by atoms with Crippen molar-refractivity contribution < 1.29 is 17.6 Å². The molecule has 0 radical (unpaired) electrons. The summed E-state index contributed by atoms with van der Waals surface area (Å²) in [5.74, 6) is -0.275. The summed E-state index contributed by atoms with van der Waals surface area (Å²) in [5, 5.41) is 5.93. The van der Waals surface area contributed by atoms with Gasteiger partial charge in [-0.1, -0.05) is 18.2 Å². The highest BCUT2D eigenvalue weighted by Crippen LogP contribution is 2.30. The van der Waals surface area contributed by atoms with Crippen molar-refractivity contribution in [1.82, 2.24) is 5.32 Å². The molecule has 0 heterocycles. The fourth-order valence-electron chi connectivity index (χ4n) is 2.09. The van der Waals surface area contributed by atoms with E-state index in [0.717, 1.165) is 30.5 Å². The maximum Gasteiger partial charge on any atom is 0.416 e. The van der Waals surface area contributed by atoms with Crippen molar-refractivity contribution in [3.8, 4) is 0 Å². The number of hydrogen-bond acceptors (Lipinski definition) is 1. The van der Waals surface area contributed by atoms with E-state index in [2.05, 4.69) is 10.6 Å². The van der Waals surface area contributed by atoms with Gasteiger partial charge in [0.1, 0.15) is 5.82 Å². The summed E-state index contributed by atoms with van der Waals surface area (Å²) in [5.41, 5.74) is 0.558. The smallest absolute Gasteiger partial charge is 0.362 e. The number of alkyl halides is 3. The molecule has 7 heteroatoms. The number of aryl methyl sites for hydroxylation is 1. The molecule has 0 unspecified atom stereocenters. The summed E-state index contributed by atoms with van der Waals surface area (Å²) in [6.45, 7) is 0.558. The third kappa shape index (κ3) is 5.81. The minimum atomic E-state index is -4.39. The lowest BCUT2D eigenvalue weighted by atomic mass is 10.1. The maximum atomic E-state index is 12.8. The Morgan fingerprint density at radius 1 is 1.04 bits per heavy atom. The van der Waals surface area contributed by atoms with Crippen LogP contribution in [0.3, 0.4) is 0 Å².